The Morgan fingerprint density at radius 3 is 0.803 bits per heavy atom. The van der Waals surface area contributed by atoms with E-state index in [1.165, 1.54) is 193 Å². The van der Waals surface area contributed by atoms with Crippen LogP contribution in [0.3, 0.4) is 0 Å². The van der Waals surface area contributed by atoms with Crippen LogP contribution in [0.4, 0.5) is 0 Å². The number of hydrogen-bond acceptors (Lipinski definition) is 6. The Hall–Kier alpha value is -1.59. The summed E-state index contributed by atoms with van der Waals surface area (Å²) in [5.41, 5.74) is 0. The standard InChI is InChI=1S/C55H106O6/c1-6-7-8-9-10-11-12-13-14-15-16-17-22-25-32-37-42-47-55(58)61-52(49-60-54(57)46-41-36-31-27-26-29-34-39-44-51(4)5)48-59-53(56)45-40-35-30-24-21-19-18-20-23-28-33-38-43-50(2)3/h50-52H,6-49H2,1-5H3/t52-/m0/s1. The second-order valence-corrected chi connectivity index (χ2v) is 19.8. The molecule has 0 aliphatic carbocycles. The molecule has 0 radical (unpaired) electrons. The van der Waals surface area contributed by atoms with E-state index in [2.05, 4.69) is 34.6 Å². The molecule has 0 heterocycles. The summed E-state index contributed by atoms with van der Waals surface area (Å²) in [6, 6.07) is 0. The molecular formula is C55H106O6. The van der Waals surface area contributed by atoms with Gasteiger partial charge >= 0.3 is 17.9 Å². The zero-order chi connectivity index (χ0) is 44.7. The van der Waals surface area contributed by atoms with Crippen LogP contribution in [0, 0.1) is 11.8 Å². The maximum absolute atomic E-state index is 12.8. The van der Waals surface area contributed by atoms with Gasteiger partial charge in [-0.1, -0.05) is 266 Å². The smallest absolute Gasteiger partial charge is 0.306 e. The fourth-order valence-corrected chi connectivity index (χ4v) is 8.34. The molecule has 0 aromatic rings. The van der Waals surface area contributed by atoms with E-state index in [0.717, 1.165) is 69.6 Å². The predicted molar refractivity (Wildman–Crippen MR) is 261 cm³/mol. The SMILES string of the molecule is CCCCCCCCCCCCCCCCCCCC(=O)O[C@@H](COC(=O)CCCCCCCCCCCCCCC(C)C)COC(=O)CCCCCCCCCCC(C)C. The quantitative estimate of drug-likeness (QED) is 0.0344. The molecule has 0 aromatic carbocycles. The molecule has 362 valence electrons. The van der Waals surface area contributed by atoms with Gasteiger partial charge in [-0.3, -0.25) is 14.4 Å². The van der Waals surface area contributed by atoms with Gasteiger partial charge in [-0.15, -0.1) is 0 Å². The summed E-state index contributed by atoms with van der Waals surface area (Å²) in [5.74, 6) is 0.784. The van der Waals surface area contributed by atoms with E-state index in [0.29, 0.717) is 19.3 Å². The van der Waals surface area contributed by atoms with E-state index < -0.39 is 6.10 Å². The van der Waals surface area contributed by atoms with Crippen LogP contribution in [0.1, 0.15) is 304 Å². The lowest BCUT2D eigenvalue weighted by Gasteiger charge is -2.18. The van der Waals surface area contributed by atoms with E-state index in [1.807, 2.05) is 0 Å². The molecule has 0 fully saturated rings. The van der Waals surface area contributed by atoms with Crippen molar-refractivity contribution in [1.29, 1.82) is 0 Å². The Morgan fingerprint density at radius 2 is 0.541 bits per heavy atom. The lowest BCUT2D eigenvalue weighted by molar-refractivity contribution is -0.167. The van der Waals surface area contributed by atoms with Gasteiger partial charge in [0.2, 0.25) is 0 Å². The van der Waals surface area contributed by atoms with Gasteiger partial charge in [-0.05, 0) is 31.1 Å². The summed E-state index contributed by atoms with van der Waals surface area (Å²) in [5, 5.41) is 0. The molecule has 0 saturated heterocycles. The van der Waals surface area contributed by atoms with Crippen molar-refractivity contribution >= 4 is 17.9 Å². The molecule has 0 spiro atoms. The molecule has 0 aliphatic heterocycles. The first kappa shape index (κ1) is 59.4. The molecule has 0 amide bonds. The molecule has 0 bridgehead atoms. The fraction of sp³-hybridized carbons (Fsp3) is 0.945. The third-order valence-corrected chi connectivity index (χ3v) is 12.5. The van der Waals surface area contributed by atoms with Crippen LogP contribution in [-0.2, 0) is 28.6 Å². The molecule has 0 N–H and O–H groups in total. The lowest BCUT2D eigenvalue weighted by Crippen LogP contribution is -2.30. The molecule has 6 heteroatoms. The van der Waals surface area contributed by atoms with Crippen molar-refractivity contribution in [3.63, 3.8) is 0 Å². The Bertz CT molecular complexity index is 931. The number of hydrogen-bond donors (Lipinski definition) is 0. The summed E-state index contributed by atoms with van der Waals surface area (Å²) in [4.78, 5) is 38.0. The zero-order valence-electron chi connectivity index (χ0n) is 41.8. The Labute approximate surface area is 380 Å². The van der Waals surface area contributed by atoms with E-state index in [9.17, 15) is 14.4 Å². The molecule has 1 atom stereocenters. The van der Waals surface area contributed by atoms with Crippen molar-refractivity contribution in [2.45, 2.75) is 310 Å². The number of esters is 3. The number of carbonyl (C=O) groups excluding carboxylic acids is 3. The fourth-order valence-electron chi connectivity index (χ4n) is 8.34. The van der Waals surface area contributed by atoms with Crippen molar-refractivity contribution in [3.05, 3.63) is 0 Å². The molecular weight excluding hydrogens is 757 g/mol. The predicted octanol–water partition coefficient (Wildman–Crippen LogP) is 17.7. The van der Waals surface area contributed by atoms with Crippen LogP contribution < -0.4 is 0 Å². The molecule has 0 aliphatic rings. The van der Waals surface area contributed by atoms with E-state index in [-0.39, 0.29) is 31.1 Å². The van der Waals surface area contributed by atoms with Crippen molar-refractivity contribution < 1.29 is 28.6 Å². The Balaban J connectivity index is 4.29. The largest absolute Gasteiger partial charge is 0.462 e. The minimum Gasteiger partial charge on any atom is -0.462 e. The molecule has 0 rings (SSSR count). The van der Waals surface area contributed by atoms with Gasteiger partial charge in [0.25, 0.3) is 0 Å². The summed E-state index contributed by atoms with van der Waals surface area (Å²) in [6.45, 7) is 11.4. The van der Waals surface area contributed by atoms with Crippen LogP contribution in [-0.4, -0.2) is 37.2 Å². The highest BCUT2D eigenvalue weighted by molar-refractivity contribution is 5.71. The van der Waals surface area contributed by atoms with Gasteiger partial charge in [0.15, 0.2) is 6.10 Å². The maximum atomic E-state index is 12.8. The van der Waals surface area contributed by atoms with Gasteiger partial charge in [0.1, 0.15) is 13.2 Å². The van der Waals surface area contributed by atoms with E-state index in [1.54, 1.807) is 0 Å². The average Bonchev–Trinajstić information content (AvgIpc) is 3.23. The first-order valence-electron chi connectivity index (χ1n) is 27.2. The minimum absolute atomic E-state index is 0.0637. The van der Waals surface area contributed by atoms with Gasteiger partial charge in [0, 0.05) is 19.3 Å². The molecule has 6 nitrogen and oxygen atoms in total. The highest BCUT2D eigenvalue weighted by Gasteiger charge is 2.19. The van der Waals surface area contributed by atoms with Crippen LogP contribution in [0.5, 0.6) is 0 Å². The number of ether oxygens (including phenoxy) is 3. The van der Waals surface area contributed by atoms with Crippen molar-refractivity contribution in [2.24, 2.45) is 11.8 Å². The number of rotatable bonds is 49. The monoisotopic (exact) mass is 863 g/mol. The Morgan fingerprint density at radius 1 is 0.311 bits per heavy atom. The summed E-state index contributed by atoms with van der Waals surface area (Å²) in [7, 11) is 0. The Kier molecular flexibility index (Phi) is 46.6. The minimum atomic E-state index is -0.762. The average molecular weight is 863 g/mol. The first-order chi connectivity index (χ1) is 29.7. The van der Waals surface area contributed by atoms with Gasteiger partial charge in [-0.2, -0.15) is 0 Å². The number of carbonyl (C=O) groups is 3. The third kappa shape index (κ3) is 49.3. The van der Waals surface area contributed by atoms with Gasteiger partial charge < -0.3 is 14.2 Å². The van der Waals surface area contributed by atoms with Gasteiger partial charge in [0.05, 0.1) is 0 Å². The van der Waals surface area contributed by atoms with Crippen LogP contribution in [0.15, 0.2) is 0 Å². The van der Waals surface area contributed by atoms with Crippen molar-refractivity contribution in [2.75, 3.05) is 13.2 Å². The molecule has 0 unspecified atom stereocenters. The molecule has 61 heavy (non-hydrogen) atoms. The summed E-state index contributed by atoms with van der Waals surface area (Å²) < 4.78 is 16.8. The first-order valence-corrected chi connectivity index (χ1v) is 27.2. The van der Waals surface area contributed by atoms with Crippen LogP contribution in [0.2, 0.25) is 0 Å². The number of unbranched alkanes of at least 4 members (excludes halogenated alkanes) is 34. The summed E-state index contributed by atoms with van der Waals surface area (Å²) >= 11 is 0. The third-order valence-electron chi connectivity index (χ3n) is 12.5. The van der Waals surface area contributed by atoms with Crippen LogP contribution in [0.25, 0.3) is 0 Å². The topological polar surface area (TPSA) is 78.9 Å². The highest BCUT2D eigenvalue weighted by Crippen LogP contribution is 2.18. The maximum Gasteiger partial charge on any atom is 0.306 e. The van der Waals surface area contributed by atoms with Crippen molar-refractivity contribution in [3.8, 4) is 0 Å². The second kappa shape index (κ2) is 47.9. The molecule has 0 aromatic heterocycles. The van der Waals surface area contributed by atoms with Crippen molar-refractivity contribution in [1.82, 2.24) is 0 Å². The van der Waals surface area contributed by atoms with Gasteiger partial charge in [-0.25, -0.2) is 0 Å². The summed E-state index contributed by atoms with van der Waals surface area (Å²) in [6.07, 6.45) is 49.5. The normalized spacial score (nSPS) is 12.0. The van der Waals surface area contributed by atoms with E-state index in [4.69, 9.17) is 14.2 Å². The van der Waals surface area contributed by atoms with E-state index >= 15 is 0 Å². The zero-order valence-corrected chi connectivity index (χ0v) is 41.8. The highest BCUT2D eigenvalue weighted by atomic mass is 16.6. The second-order valence-electron chi connectivity index (χ2n) is 19.8. The molecule has 0 saturated carbocycles. The lowest BCUT2D eigenvalue weighted by atomic mass is 10.0. The van der Waals surface area contributed by atoms with Crippen LogP contribution >= 0.6 is 0 Å².